The van der Waals surface area contributed by atoms with Crippen molar-refractivity contribution in [2.75, 3.05) is 13.1 Å². The average Bonchev–Trinajstić information content (AvgIpc) is 3.44. The van der Waals surface area contributed by atoms with Gasteiger partial charge >= 0.3 is 0 Å². The van der Waals surface area contributed by atoms with E-state index in [2.05, 4.69) is 5.10 Å². The number of carbonyl (C=O) groups is 1. The summed E-state index contributed by atoms with van der Waals surface area (Å²) in [7, 11) is 0. The summed E-state index contributed by atoms with van der Waals surface area (Å²) in [5.41, 5.74) is 2.30. The molecule has 8 heteroatoms. The third-order valence-corrected chi connectivity index (χ3v) is 4.61. The smallest absolute Gasteiger partial charge is 0.256 e. The highest BCUT2D eigenvalue weighted by Gasteiger charge is 2.22. The highest BCUT2D eigenvalue weighted by Crippen LogP contribution is 2.26. The number of carbonyl (C=O) groups excluding carboxylic acids is 1. The molecule has 30 heavy (non-hydrogen) atoms. The second-order valence-electron chi connectivity index (χ2n) is 6.52. The summed E-state index contributed by atoms with van der Waals surface area (Å²) in [4.78, 5) is 19.1. The van der Waals surface area contributed by atoms with Gasteiger partial charge in [-0.15, -0.1) is 0 Å². The number of benzene rings is 1. The lowest BCUT2D eigenvalue weighted by molar-refractivity contribution is 0.0796. The van der Waals surface area contributed by atoms with E-state index >= 15 is 0 Å². The van der Waals surface area contributed by atoms with E-state index in [1.165, 1.54) is 4.90 Å². The number of aromatic nitrogens is 3. The van der Waals surface area contributed by atoms with Gasteiger partial charge in [0.25, 0.3) is 5.91 Å². The van der Waals surface area contributed by atoms with Gasteiger partial charge in [0.05, 0.1) is 41.2 Å². The maximum atomic E-state index is 13.2. The molecule has 8 nitrogen and oxygen atoms in total. The second kappa shape index (κ2) is 8.29. The first kappa shape index (κ1) is 18.9. The van der Waals surface area contributed by atoms with Crippen molar-refractivity contribution in [2.24, 2.45) is 0 Å². The molecular weight excluding hydrogens is 380 g/mol. The topological polar surface area (TPSA) is 112 Å². The molecule has 0 saturated carbocycles. The summed E-state index contributed by atoms with van der Waals surface area (Å²) >= 11 is 0. The first-order valence-electron chi connectivity index (χ1n) is 9.19. The number of hydrogen-bond donors (Lipinski definition) is 0. The lowest BCUT2D eigenvalue weighted by Crippen LogP contribution is -2.32. The molecule has 4 aromatic rings. The normalized spacial score (nSPS) is 10.5. The summed E-state index contributed by atoms with van der Waals surface area (Å²) in [6.07, 6.45) is 3.16. The van der Waals surface area contributed by atoms with Crippen molar-refractivity contribution in [3.8, 4) is 23.4 Å². The highest BCUT2D eigenvalue weighted by molar-refractivity contribution is 6.06. The largest absolute Gasteiger partial charge is 0.467 e. The molecule has 0 aliphatic carbocycles. The molecule has 0 fully saturated rings. The second-order valence-corrected chi connectivity index (χ2v) is 6.52. The number of rotatable bonds is 6. The van der Waals surface area contributed by atoms with Gasteiger partial charge in [0, 0.05) is 5.56 Å². The quantitative estimate of drug-likeness (QED) is 0.463. The van der Waals surface area contributed by atoms with Crippen molar-refractivity contribution >= 4 is 16.9 Å². The molecule has 0 bridgehead atoms. The minimum atomic E-state index is -0.416. The summed E-state index contributed by atoms with van der Waals surface area (Å²) in [5.74, 6) is 0.288. The van der Waals surface area contributed by atoms with Crippen LogP contribution in [-0.4, -0.2) is 38.7 Å². The maximum absolute atomic E-state index is 13.2. The summed E-state index contributed by atoms with van der Waals surface area (Å²) in [5, 5.41) is 23.1. The van der Waals surface area contributed by atoms with Crippen LogP contribution in [0.4, 0.5) is 0 Å². The standard InChI is InChI=1S/C22H16N6O2/c23-8-10-27(11-9-24)22(29)18-13-20(16-5-2-1-3-6-16)26-21-19(18)14-25-28(21)15-17-7-4-12-30-17/h1-7,12-14H,10-11,15H2. The number of nitrogens with zero attached hydrogens (tertiary/aromatic N) is 6. The van der Waals surface area contributed by atoms with Crippen LogP contribution in [0.5, 0.6) is 0 Å². The lowest BCUT2D eigenvalue weighted by Gasteiger charge is -2.17. The lowest BCUT2D eigenvalue weighted by atomic mass is 10.1. The Bertz CT molecular complexity index is 1250. The third-order valence-electron chi connectivity index (χ3n) is 4.61. The van der Waals surface area contributed by atoms with Gasteiger partial charge < -0.3 is 9.32 Å². The van der Waals surface area contributed by atoms with Gasteiger partial charge in [-0.1, -0.05) is 30.3 Å². The Kier molecular flexibility index (Phi) is 5.23. The fraction of sp³-hybridized carbons (Fsp3) is 0.136. The predicted molar refractivity (Wildman–Crippen MR) is 108 cm³/mol. The zero-order valence-corrected chi connectivity index (χ0v) is 15.9. The van der Waals surface area contributed by atoms with Gasteiger partial charge in [-0.25, -0.2) is 9.67 Å². The van der Waals surface area contributed by atoms with Gasteiger partial charge in [0.15, 0.2) is 5.65 Å². The van der Waals surface area contributed by atoms with E-state index < -0.39 is 5.91 Å². The number of amides is 1. The minimum absolute atomic E-state index is 0.183. The van der Waals surface area contributed by atoms with Crippen LogP contribution in [0.2, 0.25) is 0 Å². The molecular formula is C22H16N6O2. The SMILES string of the molecule is N#CCN(CC#N)C(=O)c1cc(-c2ccccc2)nc2c1cnn2Cc1ccco1. The van der Waals surface area contributed by atoms with E-state index in [9.17, 15) is 4.79 Å². The van der Waals surface area contributed by atoms with E-state index in [1.54, 1.807) is 29.3 Å². The average molecular weight is 396 g/mol. The highest BCUT2D eigenvalue weighted by atomic mass is 16.3. The van der Waals surface area contributed by atoms with Crippen molar-refractivity contribution in [2.45, 2.75) is 6.54 Å². The Hall–Kier alpha value is -4.43. The molecule has 1 aromatic carbocycles. The Morgan fingerprint density at radius 2 is 1.87 bits per heavy atom. The predicted octanol–water partition coefficient (Wildman–Crippen LogP) is 3.23. The Labute approximate surface area is 172 Å². The van der Waals surface area contributed by atoms with Crippen molar-refractivity contribution in [1.29, 1.82) is 10.5 Å². The molecule has 4 rings (SSSR count). The molecule has 0 aliphatic rings. The molecule has 1 amide bonds. The molecule has 0 unspecified atom stereocenters. The van der Waals surface area contributed by atoms with Crippen LogP contribution in [0.15, 0.2) is 65.4 Å². The van der Waals surface area contributed by atoms with Gasteiger partial charge in [0.1, 0.15) is 25.4 Å². The fourth-order valence-electron chi connectivity index (χ4n) is 3.19. The molecule has 0 atom stereocenters. The van der Waals surface area contributed by atoms with E-state index in [0.29, 0.717) is 34.6 Å². The number of hydrogen-bond acceptors (Lipinski definition) is 6. The van der Waals surface area contributed by atoms with Gasteiger partial charge in [0.2, 0.25) is 0 Å². The van der Waals surface area contributed by atoms with E-state index in [4.69, 9.17) is 19.9 Å². The molecule has 0 spiro atoms. The Balaban J connectivity index is 1.88. The van der Waals surface area contributed by atoms with Crippen molar-refractivity contribution < 1.29 is 9.21 Å². The summed E-state index contributed by atoms with van der Waals surface area (Å²) in [6.45, 7) is -0.00962. The van der Waals surface area contributed by atoms with E-state index in [0.717, 1.165) is 5.56 Å². The van der Waals surface area contributed by atoms with Crippen LogP contribution in [-0.2, 0) is 6.54 Å². The number of pyridine rings is 1. The van der Waals surface area contributed by atoms with E-state index in [-0.39, 0.29) is 13.1 Å². The van der Waals surface area contributed by atoms with Crippen LogP contribution >= 0.6 is 0 Å². The number of furan rings is 1. The van der Waals surface area contributed by atoms with Crippen LogP contribution < -0.4 is 0 Å². The van der Waals surface area contributed by atoms with Crippen LogP contribution in [0.3, 0.4) is 0 Å². The Morgan fingerprint density at radius 3 is 2.53 bits per heavy atom. The van der Waals surface area contributed by atoms with Crippen LogP contribution in [0, 0.1) is 22.7 Å². The first-order valence-corrected chi connectivity index (χ1v) is 9.19. The van der Waals surface area contributed by atoms with Gasteiger partial charge in [-0.05, 0) is 18.2 Å². The fourth-order valence-corrected chi connectivity index (χ4v) is 3.19. The molecule has 0 saturated heterocycles. The van der Waals surface area contributed by atoms with Crippen LogP contribution in [0.1, 0.15) is 16.1 Å². The van der Waals surface area contributed by atoms with Crippen LogP contribution in [0.25, 0.3) is 22.3 Å². The Morgan fingerprint density at radius 1 is 1.10 bits per heavy atom. The van der Waals surface area contributed by atoms with Gasteiger partial charge in [-0.3, -0.25) is 4.79 Å². The zero-order chi connectivity index (χ0) is 20.9. The minimum Gasteiger partial charge on any atom is -0.467 e. The monoisotopic (exact) mass is 396 g/mol. The molecule has 0 aliphatic heterocycles. The molecule has 3 aromatic heterocycles. The number of nitriles is 2. The summed E-state index contributed by atoms with van der Waals surface area (Å²) in [6, 6.07) is 18.7. The van der Waals surface area contributed by atoms with Crippen molar-refractivity contribution in [1.82, 2.24) is 19.7 Å². The molecule has 0 radical (unpaired) electrons. The summed E-state index contributed by atoms with van der Waals surface area (Å²) < 4.78 is 7.08. The molecule has 146 valence electrons. The third kappa shape index (κ3) is 3.62. The van der Waals surface area contributed by atoms with Gasteiger partial charge in [-0.2, -0.15) is 15.6 Å². The van der Waals surface area contributed by atoms with Crippen molar-refractivity contribution in [3.63, 3.8) is 0 Å². The number of fused-ring (bicyclic) bond motifs is 1. The van der Waals surface area contributed by atoms with E-state index in [1.807, 2.05) is 48.5 Å². The zero-order valence-electron chi connectivity index (χ0n) is 15.9. The maximum Gasteiger partial charge on any atom is 0.256 e. The molecule has 3 heterocycles. The van der Waals surface area contributed by atoms with Crippen molar-refractivity contribution in [3.05, 3.63) is 72.3 Å². The first-order chi connectivity index (χ1) is 14.7. The molecule has 0 N–H and O–H groups in total.